The lowest BCUT2D eigenvalue weighted by molar-refractivity contribution is -0.140. The second-order valence-electron chi connectivity index (χ2n) is 14.5. The summed E-state index contributed by atoms with van der Waals surface area (Å²) in [5.41, 5.74) is 0.0769. The van der Waals surface area contributed by atoms with Gasteiger partial charge in [-0.3, -0.25) is 30.0 Å². The summed E-state index contributed by atoms with van der Waals surface area (Å²) in [5, 5.41) is 39.9. The van der Waals surface area contributed by atoms with E-state index in [0.29, 0.717) is 24.4 Å². The number of rotatable bonds is 20. The Morgan fingerprint density at radius 2 is 1.87 bits per heavy atom. The normalized spacial score (nSPS) is 19.3. The molecule has 6 N–H and O–H groups in total. The van der Waals surface area contributed by atoms with E-state index in [-0.39, 0.29) is 75.7 Å². The summed E-state index contributed by atoms with van der Waals surface area (Å²) >= 11 is 0. The first-order valence-corrected chi connectivity index (χ1v) is 18.1. The van der Waals surface area contributed by atoms with E-state index in [1.807, 2.05) is 36.3 Å². The number of nitrogens with one attached hydrogen (secondary N) is 3. The minimum absolute atomic E-state index is 0.0322. The fourth-order valence-corrected chi connectivity index (χ4v) is 6.82. The number of amides is 2. The zero-order valence-corrected chi connectivity index (χ0v) is 30.7. The topological polar surface area (TPSA) is 164 Å². The SMILES string of the molecule is CC(CO)NCN(CC1CNCC1F)C(c1nc(-c2cc(F)ccc2F)cn1Cc1cccc(O)c1)C(C)(C)CCOC(O)NCCN1C(=O)C=CC1=O. The summed E-state index contributed by atoms with van der Waals surface area (Å²) in [7, 11) is 0. The lowest BCUT2D eigenvalue weighted by atomic mass is 9.79. The van der Waals surface area contributed by atoms with Crippen molar-refractivity contribution >= 4 is 11.8 Å². The van der Waals surface area contributed by atoms with Gasteiger partial charge in [0.25, 0.3) is 11.8 Å². The molecule has 54 heavy (non-hydrogen) atoms. The smallest absolute Gasteiger partial charge is 0.253 e. The molecule has 16 heteroatoms. The highest BCUT2D eigenvalue weighted by Gasteiger charge is 2.41. The number of aromatic nitrogens is 2. The van der Waals surface area contributed by atoms with Gasteiger partial charge < -0.3 is 29.9 Å². The van der Waals surface area contributed by atoms with Crippen molar-refractivity contribution in [2.45, 2.75) is 58.4 Å². The van der Waals surface area contributed by atoms with Gasteiger partial charge in [-0.2, -0.15) is 0 Å². The Bertz CT molecular complexity index is 1760. The lowest BCUT2D eigenvalue weighted by Crippen LogP contribution is -2.49. The van der Waals surface area contributed by atoms with Gasteiger partial charge in [-0.25, -0.2) is 18.2 Å². The molecule has 2 amide bonds. The van der Waals surface area contributed by atoms with Gasteiger partial charge in [-0.05, 0) is 54.7 Å². The number of hydrogen-bond acceptors (Lipinski definition) is 11. The van der Waals surface area contributed by atoms with Crippen LogP contribution in [0.1, 0.15) is 44.6 Å². The van der Waals surface area contributed by atoms with Crippen LogP contribution >= 0.6 is 0 Å². The number of imidazole rings is 1. The third-order valence-electron chi connectivity index (χ3n) is 9.85. The maximum absolute atomic E-state index is 15.3. The average molecular weight is 758 g/mol. The van der Waals surface area contributed by atoms with Crippen molar-refractivity contribution in [3.8, 4) is 17.0 Å². The Morgan fingerprint density at radius 3 is 2.56 bits per heavy atom. The number of aromatic hydroxyl groups is 1. The largest absolute Gasteiger partial charge is 0.508 e. The molecule has 3 aromatic rings. The number of phenols is 1. The van der Waals surface area contributed by atoms with Crippen LogP contribution in [0.4, 0.5) is 13.2 Å². The molecule has 2 aliphatic rings. The molecule has 1 fully saturated rings. The van der Waals surface area contributed by atoms with Gasteiger partial charge in [0, 0.05) is 81.8 Å². The summed E-state index contributed by atoms with van der Waals surface area (Å²) in [6.45, 7) is 7.06. The first-order chi connectivity index (χ1) is 25.7. The van der Waals surface area contributed by atoms with Crippen molar-refractivity contribution in [1.82, 2.24) is 35.3 Å². The van der Waals surface area contributed by atoms with Gasteiger partial charge in [0.15, 0.2) is 0 Å². The van der Waals surface area contributed by atoms with Crippen LogP contribution < -0.4 is 16.0 Å². The van der Waals surface area contributed by atoms with E-state index in [0.717, 1.165) is 23.1 Å². The lowest BCUT2D eigenvalue weighted by Gasteiger charge is -2.43. The highest BCUT2D eigenvalue weighted by Crippen LogP contribution is 2.42. The third-order valence-corrected chi connectivity index (χ3v) is 9.85. The Kier molecular flexibility index (Phi) is 14.0. The summed E-state index contributed by atoms with van der Waals surface area (Å²) < 4.78 is 52.6. The maximum atomic E-state index is 15.3. The molecule has 1 aromatic heterocycles. The molecule has 0 bridgehead atoms. The van der Waals surface area contributed by atoms with Crippen molar-refractivity contribution in [2.75, 3.05) is 52.6 Å². The van der Waals surface area contributed by atoms with Crippen molar-refractivity contribution in [3.05, 3.63) is 83.8 Å². The Hall–Kier alpha value is -4.16. The number of halogens is 3. The predicted octanol–water partition coefficient (Wildman–Crippen LogP) is 2.63. The zero-order valence-electron chi connectivity index (χ0n) is 30.7. The predicted molar refractivity (Wildman–Crippen MR) is 194 cm³/mol. The molecule has 5 rings (SSSR count). The number of carbonyl (C=O) groups excluding carboxylic acids is 2. The maximum Gasteiger partial charge on any atom is 0.253 e. The fraction of sp³-hybridized carbons (Fsp3) is 0.500. The van der Waals surface area contributed by atoms with Gasteiger partial charge in [0.2, 0.25) is 6.41 Å². The molecule has 0 saturated carbocycles. The number of nitrogens with zero attached hydrogens (tertiary/aromatic N) is 4. The number of carbonyl (C=O) groups is 2. The molecule has 5 atom stereocenters. The van der Waals surface area contributed by atoms with E-state index >= 15 is 8.78 Å². The van der Waals surface area contributed by atoms with Crippen LogP contribution in [-0.2, 0) is 20.9 Å². The standard InChI is InChI=1S/C38H50F3N7O6/c1-24(22-49)44-23-47(20-26-17-42-18-31(26)41)35(38(2,3)11-14-54-37(53)43-12-13-48-33(51)9-10-34(48)52)36-45-32(29-16-27(39)7-8-30(29)40)21-46(36)19-25-5-4-6-28(50)15-25/h4-10,15-16,21,24,26,31,35,37,42-44,49-50,53H,11-14,17-20,22-23H2,1-3H3. The monoisotopic (exact) mass is 757 g/mol. The molecule has 294 valence electrons. The molecule has 2 aliphatic heterocycles. The van der Waals surface area contributed by atoms with E-state index in [1.165, 1.54) is 12.2 Å². The Balaban J connectivity index is 1.49. The number of aliphatic hydroxyl groups is 2. The first kappa shape index (κ1) is 41.0. The number of ether oxygens (including phenoxy) is 1. The summed E-state index contributed by atoms with van der Waals surface area (Å²) in [4.78, 5) is 31.8. The third kappa shape index (κ3) is 10.5. The van der Waals surface area contributed by atoms with Gasteiger partial charge in [-0.1, -0.05) is 26.0 Å². The first-order valence-electron chi connectivity index (χ1n) is 18.1. The van der Waals surface area contributed by atoms with Gasteiger partial charge in [0.05, 0.1) is 24.9 Å². The summed E-state index contributed by atoms with van der Waals surface area (Å²) in [6, 6.07) is 8.86. The number of phenolic OH excluding ortho intramolecular Hbond substituents is 1. The fourth-order valence-electron chi connectivity index (χ4n) is 6.82. The second kappa shape index (κ2) is 18.4. The molecule has 2 aromatic carbocycles. The number of aliphatic hydroxyl groups excluding tert-OH is 2. The highest BCUT2D eigenvalue weighted by molar-refractivity contribution is 6.12. The average Bonchev–Trinajstić information content (AvgIpc) is 3.82. The molecule has 3 heterocycles. The minimum atomic E-state index is -1.42. The van der Waals surface area contributed by atoms with E-state index < -0.39 is 53.4 Å². The van der Waals surface area contributed by atoms with Crippen LogP contribution in [-0.4, -0.2) is 118 Å². The van der Waals surface area contributed by atoms with Crippen LogP contribution in [0.15, 0.2) is 60.8 Å². The second-order valence-corrected chi connectivity index (χ2v) is 14.5. The van der Waals surface area contributed by atoms with E-state index in [2.05, 4.69) is 16.0 Å². The van der Waals surface area contributed by atoms with Crippen molar-refractivity contribution in [2.24, 2.45) is 11.3 Å². The number of alkyl halides is 1. The number of benzene rings is 2. The van der Waals surface area contributed by atoms with Crippen molar-refractivity contribution in [3.63, 3.8) is 0 Å². The van der Waals surface area contributed by atoms with Crippen molar-refractivity contribution in [1.29, 1.82) is 0 Å². The van der Waals surface area contributed by atoms with Crippen LogP contribution in [0.2, 0.25) is 0 Å². The summed E-state index contributed by atoms with van der Waals surface area (Å²) in [5.74, 6) is -2.07. The van der Waals surface area contributed by atoms with Gasteiger partial charge in [-0.15, -0.1) is 0 Å². The summed E-state index contributed by atoms with van der Waals surface area (Å²) in [6.07, 6.45) is 1.77. The molecular weight excluding hydrogens is 707 g/mol. The van der Waals surface area contributed by atoms with Crippen molar-refractivity contribution < 1.29 is 42.8 Å². The molecule has 0 spiro atoms. The molecule has 1 saturated heterocycles. The molecule has 0 aliphatic carbocycles. The molecule has 5 unspecified atom stereocenters. The number of hydrogen-bond donors (Lipinski definition) is 6. The van der Waals surface area contributed by atoms with Gasteiger partial charge in [0.1, 0.15) is 29.4 Å². The molecular formula is C38H50F3N7O6. The molecule has 13 nitrogen and oxygen atoms in total. The quantitative estimate of drug-likeness (QED) is 0.0742. The van der Waals surface area contributed by atoms with Gasteiger partial charge >= 0.3 is 0 Å². The van der Waals surface area contributed by atoms with Crippen LogP contribution in [0.25, 0.3) is 11.3 Å². The highest BCUT2D eigenvalue weighted by atomic mass is 19.1. The molecule has 0 radical (unpaired) electrons. The minimum Gasteiger partial charge on any atom is -0.508 e. The Labute approximate surface area is 312 Å². The van der Waals surface area contributed by atoms with Crippen LogP contribution in [0, 0.1) is 23.0 Å². The number of imide groups is 1. The van der Waals surface area contributed by atoms with E-state index in [4.69, 9.17) is 9.72 Å². The van der Waals surface area contributed by atoms with Crippen LogP contribution in [0.3, 0.4) is 0 Å². The Morgan fingerprint density at radius 1 is 1.11 bits per heavy atom. The zero-order chi connectivity index (χ0) is 39.0. The van der Waals surface area contributed by atoms with E-state index in [9.17, 15) is 29.3 Å². The van der Waals surface area contributed by atoms with Crippen LogP contribution in [0.5, 0.6) is 5.75 Å². The van der Waals surface area contributed by atoms with E-state index in [1.54, 1.807) is 24.4 Å².